The molecule has 0 saturated carbocycles. The van der Waals surface area contributed by atoms with Crippen LogP contribution in [0.2, 0.25) is 0 Å². The molecular weight excluding hydrogens is 194 g/mol. The van der Waals surface area contributed by atoms with Gasteiger partial charge in [-0.25, -0.2) is 0 Å². The Morgan fingerprint density at radius 3 is 2.64 bits per heavy atom. The van der Waals surface area contributed by atoms with Crippen LogP contribution in [0.15, 0.2) is 4.99 Å². The molecule has 0 aromatic heterocycles. The monoisotopic (exact) mass is 215 g/mol. The molecule has 14 heavy (non-hydrogen) atoms. The maximum absolute atomic E-state index is 6.02. The first-order valence-electron chi connectivity index (χ1n) is 5.03. The van der Waals surface area contributed by atoms with Crippen molar-refractivity contribution < 1.29 is 0 Å². The molecule has 0 spiro atoms. The average molecular weight is 215 g/mol. The molecule has 0 aromatic rings. The Hall–Kier alpha value is -0.220. The SMILES string of the molecule is CN1CCSCC1C(N)=NC(C)(C)C. The van der Waals surface area contributed by atoms with Gasteiger partial charge in [-0.15, -0.1) is 0 Å². The minimum absolute atomic E-state index is 0.0625. The van der Waals surface area contributed by atoms with E-state index >= 15 is 0 Å². The number of amidine groups is 1. The Labute approximate surface area is 91.1 Å². The summed E-state index contributed by atoms with van der Waals surface area (Å²) in [5.74, 6) is 3.06. The second-order valence-electron chi connectivity index (χ2n) is 4.78. The largest absolute Gasteiger partial charge is 0.386 e. The fourth-order valence-corrected chi connectivity index (χ4v) is 2.69. The molecule has 4 heteroatoms. The molecule has 0 radical (unpaired) electrons. The van der Waals surface area contributed by atoms with Gasteiger partial charge in [0.2, 0.25) is 0 Å². The van der Waals surface area contributed by atoms with E-state index in [4.69, 9.17) is 5.73 Å². The molecular formula is C10H21N3S. The Morgan fingerprint density at radius 1 is 1.50 bits per heavy atom. The molecule has 82 valence electrons. The first-order chi connectivity index (χ1) is 6.40. The Kier molecular flexibility index (Phi) is 3.84. The zero-order chi connectivity index (χ0) is 10.8. The van der Waals surface area contributed by atoms with Crippen LogP contribution in [0.5, 0.6) is 0 Å². The molecule has 1 heterocycles. The third-order valence-electron chi connectivity index (χ3n) is 2.20. The van der Waals surface area contributed by atoms with Crippen LogP contribution < -0.4 is 5.73 Å². The van der Waals surface area contributed by atoms with E-state index in [1.54, 1.807) is 0 Å². The predicted octanol–water partition coefficient (Wildman–Crippen LogP) is 1.19. The Morgan fingerprint density at radius 2 is 2.14 bits per heavy atom. The van der Waals surface area contributed by atoms with Crippen LogP contribution in [0.4, 0.5) is 0 Å². The summed E-state index contributed by atoms with van der Waals surface area (Å²) in [5, 5.41) is 0. The van der Waals surface area contributed by atoms with Crippen molar-refractivity contribution in [1.29, 1.82) is 0 Å². The van der Waals surface area contributed by atoms with E-state index in [-0.39, 0.29) is 5.54 Å². The van der Waals surface area contributed by atoms with Crippen molar-refractivity contribution >= 4 is 17.6 Å². The minimum atomic E-state index is -0.0625. The Balaban J connectivity index is 2.67. The summed E-state index contributed by atoms with van der Waals surface area (Å²) in [6, 6.07) is 0.327. The molecule has 1 atom stereocenters. The zero-order valence-electron chi connectivity index (χ0n) is 9.58. The van der Waals surface area contributed by atoms with Gasteiger partial charge in [-0.3, -0.25) is 9.89 Å². The smallest absolute Gasteiger partial charge is 0.113 e. The summed E-state index contributed by atoms with van der Waals surface area (Å²) in [5.41, 5.74) is 5.96. The van der Waals surface area contributed by atoms with Crippen molar-refractivity contribution in [2.24, 2.45) is 10.7 Å². The second kappa shape index (κ2) is 4.53. The number of rotatable bonds is 1. The number of aliphatic imine (C=N–C) groups is 1. The maximum Gasteiger partial charge on any atom is 0.113 e. The summed E-state index contributed by atoms with van der Waals surface area (Å²) >= 11 is 1.96. The molecule has 0 amide bonds. The van der Waals surface area contributed by atoms with E-state index in [9.17, 15) is 0 Å². The third-order valence-corrected chi connectivity index (χ3v) is 3.22. The lowest BCUT2D eigenvalue weighted by Gasteiger charge is -2.32. The number of hydrogen-bond acceptors (Lipinski definition) is 3. The summed E-state index contributed by atoms with van der Waals surface area (Å²) in [6.07, 6.45) is 0. The van der Waals surface area contributed by atoms with Gasteiger partial charge in [0, 0.05) is 18.1 Å². The lowest BCUT2D eigenvalue weighted by molar-refractivity contribution is 0.324. The van der Waals surface area contributed by atoms with Crippen molar-refractivity contribution in [3.05, 3.63) is 0 Å². The molecule has 1 aliphatic heterocycles. The van der Waals surface area contributed by atoms with Crippen molar-refractivity contribution in [2.75, 3.05) is 25.1 Å². The van der Waals surface area contributed by atoms with Gasteiger partial charge < -0.3 is 5.73 Å². The number of likely N-dealkylation sites (N-methyl/N-ethyl adjacent to an activating group) is 1. The van der Waals surface area contributed by atoms with Gasteiger partial charge in [-0.1, -0.05) is 0 Å². The standard InChI is InChI=1S/C10H21N3S/c1-10(2,3)12-9(11)8-7-14-6-5-13(8)4/h8H,5-7H2,1-4H3,(H2,11,12). The summed E-state index contributed by atoms with van der Waals surface area (Å²) in [7, 11) is 2.12. The maximum atomic E-state index is 6.02. The van der Waals surface area contributed by atoms with Crippen LogP contribution in [0.1, 0.15) is 20.8 Å². The van der Waals surface area contributed by atoms with Gasteiger partial charge in [0.25, 0.3) is 0 Å². The quantitative estimate of drug-likeness (QED) is 0.528. The molecule has 0 bridgehead atoms. The van der Waals surface area contributed by atoms with Crippen molar-refractivity contribution in [1.82, 2.24) is 4.90 Å². The zero-order valence-corrected chi connectivity index (χ0v) is 10.4. The fraction of sp³-hybridized carbons (Fsp3) is 0.900. The van der Waals surface area contributed by atoms with E-state index in [1.807, 2.05) is 11.8 Å². The molecule has 0 aliphatic carbocycles. The second-order valence-corrected chi connectivity index (χ2v) is 5.93. The van der Waals surface area contributed by atoms with E-state index in [2.05, 4.69) is 37.7 Å². The number of thioether (sulfide) groups is 1. The van der Waals surface area contributed by atoms with Crippen LogP contribution in [0.25, 0.3) is 0 Å². The summed E-state index contributed by atoms with van der Waals surface area (Å²) in [4.78, 5) is 6.82. The van der Waals surface area contributed by atoms with Crippen LogP contribution in [-0.4, -0.2) is 47.4 Å². The van der Waals surface area contributed by atoms with Gasteiger partial charge in [0.15, 0.2) is 0 Å². The highest BCUT2D eigenvalue weighted by molar-refractivity contribution is 7.99. The summed E-state index contributed by atoms with van der Waals surface area (Å²) < 4.78 is 0. The van der Waals surface area contributed by atoms with Crippen LogP contribution in [0.3, 0.4) is 0 Å². The summed E-state index contributed by atoms with van der Waals surface area (Å²) in [6.45, 7) is 7.34. The molecule has 0 aromatic carbocycles. The molecule has 1 fully saturated rings. The van der Waals surface area contributed by atoms with E-state index in [1.165, 1.54) is 5.75 Å². The number of nitrogens with zero attached hydrogens (tertiary/aromatic N) is 2. The van der Waals surface area contributed by atoms with E-state index in [0.29, 0.717) is 6.04 Å². The van der Waals surface area contributed by atoms with Gasteiger partial charge in [-0.2, -0.15) is 11.8 Å². The van der Waals surface area contributed by atoms with Crippen molar-refractivity contribution in [3.63, 3.8) is 0 Å². The minimum Gasteiger partial charge on any atom is -0.386 e. The van der Waals surface area contributed by atoms with Crippen LogP contribution in [0, 0.1) is 0 Å². The van der Waals surface area contributed by atoms with Gasteiger partial charge >= 0.3 is 0 Å². The number of nitrogens with two attached hydrogens (primary N) is 1. The van der Waals surface area contributed by atoms with E-state index in [0.717, 1.165) is 18.1 Å². The fourth-order valence-electron chi connectivity index (χ4n) is 1.46. The molecule has 1 aliphatic rings. The average Bonchev–Trinajstić information content (AvgIpc) is 2.01. The predicted molar refractivity (Wildman–Crippen MR) is 65.1 cm³/mol. The first kappa shape index (κ1) is 11.9. The highest BCUT2D eigenvalue weighted by Crippen LogP contribution is 2.16. The highest BCUT2D eigenvalue weighted by atomic mass is 32.2. The topological polar surface area (TPSA) is 41.6 Å². The third kappa shape index (κ3) is 3.50. The lowest BCUT2D eigenvalue weighted by atomic mass is 10.1. The molecule has 1 saturated heterocycles. The lowest BCUT2D eigenvalue weighted by Crippen LogP contribution is -2.48. The molecule has 1 rings (SSSR count). The van der Waals surface area contributed by atoms with Crippen molar-refractivity contribution in [2.45, 2.75) is 32.4 Å². The van der Waals surface area contributed by atoms with Gasteiger partial charge in [0.1, 0.15) is 5.84 Å². The first-order valence-corrected chi connectivity index (χ1v) is 6.19. The molecule has 2 N–H and O–H groups in total. The molecule has 3 nitrogen and oxygen atoms in total. The van der Waals surface area contributed by atoms with Gasteiger partial charge in [-0.05, 0) is 27.8 Å². The van der Waals surface area contributed by atoms with Crippen molar-refractivity contribution in [3.8, 4) is 0 Å². The van der Waals surface area contributed by atoms with Crippen LogP contribution >= 0.6 is 11.8 Å². The highest BCUT2D eigenvalue weighted by Gasteiger charge is 2.23. The molecule has 1 unspecified atom stereocenters. The van der Waals surface area contributed by atoms with Crippen LogP contribution in [-0.2, 0) is 0 Å². The van der Waals surface area contributed by atoms with Gasteiger partial charge in [0.05, 0.1) is 11.6 Å². The number of hydrogen-bond donors (Lipinski definition) is 1. The normalized spacial score (nSPS) is 26.6. The van der Waals surface area contributed by atoms with E-state index < -0.39 is 0 Å². The Bertz CT molecular complexity index is 220.